The van der Waals surface area contributed by atoms with E-state index >= 15 is 0 Å². The first-order chi connectivity index (χ1) is 29.7. The normalized spacial score (nSPS) is 10.2. The average Bonchev–Trinajstić information content (AvgIpc) is 3.71. The van der Waals surface area contributed by atoms with Gasteiger partial charge in [-0.3, -0.25) is 4.98 Å². The first kappa shape index (κ1) is 51.9. The van der Waals surface area contributed by atoms with Crippen LogP contribution in [0.4, 0.5) is 16.6 Å². The summed E-state index contributed by atoms with van der Waals surface area (Å²) in [5.74, 6) is 6.69. The van der Waals surface area contributed by atoms with E-state index in [1.165, 1.54) is 11.3 Å². The molecule has 7 aromatic heterocycles. The number of alkyl halides is 1. The van der Waals surface area contributed by atoms with Gasteiger partial charge in [0, 0.05) is 43.4 Å². The largest absolute Gasteiger partial charge is 0.376 e. The quantitative estimate of drug-likeness (QED) is 0.0591. The monoisotopic (exact) mass is 952 g/mol. The Kier molecular flexibility index (Phi) is 25.1. The van der Waals surface area contributed by atoms with Gasteiger partial charge in [-0.1, -0.05) is 64.9 Å². The van der Waals surface area contributed by atoms with E-state index in [2.05, 4.69) is 120 Å². The second-order valence-electron chi connectivity index (χ2n) is 12.5. The molecule has 0 aliphatic heterocycles. The molecule has 0 aromatic carbocycles. The van der Waals surface area contributed by atoms with Crippen LogP contribution < -0.4 is 16.4 Å². The van der Waals surface area contributed by atoms with E-state index in [4.69, 9.17) is 17.3 Å². The van der Waals surface area contributed by atoms with E-state index in [1.807, 2.05) is 82.3 Å². The summed E-state index contributed by atoms with van der Waals surface area (Å²) in [5, 5.41) is 7.46. The summed E-state index contributed by atoms with van der Waals surface area (Å²) in [6.07, 6.45) is 22.3. The Labute approximate surface area is 387 Å². The molecular formula is C44H50BrClN14S2. The van der Waals surface area contributed by atoms with Crippen molar-refractivity contribution in [2.45, 2.75) is 60.2 Å². The minimum absolute atomic E-state index is 0.257. The number of pyridine rings is 2. The van der Waals surface area contributed by atoms with Crippen LogP contribution in [0.5, 0.6) is 0 Å². The number of halogens is 2. The highest BCUT2D eigenvalue weighted by molar-refractivity contribution is 9.09. The molecule has 62 heavy (non-hydrogen) atoms. The summed E-state index contributed by atoms with van der Waals surface area (Å²) in [5.41, 5.74) is 8.95. The van der Waals surface area contributed by atoms with Gasteiger partial charge in [0.2, 0.25) is 0 Å². The number of aryl methyl sites for hydroxylation is 4. The van der Waals surface area contributed by atoms with E-state index in [0.29, 0.717) is 21.7 Å². The lowest BCUT2D eigenvalue weighted by Crippen LogP contribution is -2.18. The number of thiocarbonyl (C=S) groups is 1. The van der Waals surface area contributed by atoms with E-state index in [9.17, 15) is 0 Å². The molecule has 14 nitrogen and oxygen atoms in total. The van der Waals surface area contributed by atoms with Gasteiger partial charge >= 0.3 is 0 Å². The fraction of sp³-hybridized carbons (Fsp3) is 0.227. The minimum atomic E-state index is 0.257. The molecule has 0 saturated carbocycles. The van der Waals surface area contributed by atoms with Crippen LogP contribution >= 0.6 is 51.1 Å². The maximum atomic E-state index is 5.49. The van der Waals surface area contributed by atoms with Gasteiger partial charge in [-0.25, -0.2) is 49.8 Å². The fourth-order valence-electron chi connectivity index (χ4n) is 4.30. The Morgan fingerprint density at radius 2 is 1.42 bits per heavy atom. The Morgan fingerprint density at radius 3 is 1.94 bits per heavy atom. The van der Waals surface area contributed by atoms with E-state index in [-0.39, 0.29) is 5.11 Å². The highest BCUT2D eigenvalue weighted by Gasteiger charge is 2.13. The maximum Gasteiger partial charge on any atom is 0.188 e. The standard InChI is InChI=1S/C13H11N5S.C9H13BrN2.C8H10N2.C6H7N3S.C5H5ClN2.C3H4/c1-9-14-7-5-10(17-9)11-8-16-13(19-11)18-12-4-2-3-6-15-12;1-6(2)9(10)8-4-5-11-7(3)12-8;1-3-4-8-5-6-9-7(2)10-8;7-6(10)9-5-2-1-3-8-4-5;1-4-7-3-2-5(6)8-4;1-3-2/h2-8H,1H3,(H,15,16,18);4-6,9H,1-3H3;3-6H,1-2H3;1-4H,(H3,7,9,10);2-3H,1H3;1H,2H3/b;;4-3+;;;. The van der Waals surface area contributed by atoms with Crippen LogP contribution in [-0.2, 0) is 0 Å². The number of nitrogens with zero attached hydrogens (tertiary/aromatic N) is 11. The predicted molar refractivity (Wildman–Crippen MR) is 261 cm³/mol. The third-order valence-electron chi connectivity index (χ3n) is 6.91. The van der Waals surface area contributed by atoms with Gasteiger partial charge in [-0.05, 0) is 114 Å². The average molecular weight is 954 g/mol. The molecule has 322 valence electrons. The number of anilines is 3. The lowest BCUT2D eigenvalue weighted by Gasteiger charge is -2.12. The lowest BCUT2D eigenvalue weighted by molar-refractivity contribution is 0.626. The van der Waals surface area contributed by atoms with Crippen molar-refractivity contribution in [2.24, 2.45) is 11.7 Å². The topological polar surface area (TPSA) is 192 Å². The molecule has 0 amide bonds. The van der Waals surface area contributed by atoms with Gasteiger partial charge < -0.3 is 16.4 Å². The number of nitrogens with one attached hydrogen (secondary N) is 2. The molecule has 7 heterocycles. The van der Waals surface area contributed by atoms with Crippen LogP contribution in [0, 0.1) is 46.0 Å². The Balaban J connectivity index is 0.000000272. The summed E-state index contributed by atoms with van der Waals surface area (Å²) in [6, 6.07) is 16.7. The Bertz CT molecular complexity index is 2400. The zero-order chi connectivity index (χ0) is 45.7. The second kappa shape index (κ2) is 29.9. The number of hydrogen-bond donors (Lipinski definition) is 3. The van der Waals surface area contributed by atoms with Crippen molar-refractivity contribution in [3.8, 4) is 22.9 Å². The molecule has 1 atom stereocenters. The Morgan fingerprint density at radius 1 is 0.790 bits per heavy atom. The zero-order valence-corrected chi connectivity index (χ0v) is 39.7. The number of allylic oxidation sites excluding steroid dienone is 1. The number of thiazole rings is 1. The van der Waals surface area contributed by atoms with Crippen molar-refractivity contribution in [2.75, 3.05) is 10.6 Å². The molecule has 0 bridgehead atoms. The third kappa shape index (κ3) is 22.4. The number of nitrogens with two attached hydrogens (primary N) is 1. The van der Waals surface area contributed by atoms with Crippen LogP contribution in [0.2, 0.25) is 5.15 Å². The minimum Gasteiger partial charge on any atom is -0.376 e. The summed E-state index contributed by atoms with van der Waals surface area (Å²) < 4.78 is 0. The van der Waals surface area contributed by atoms with Crippen molar-refractivity contribution in [3.05, 3.63) is 150 Å². The molecule has 0 saturated heterocycles. The van der Waals surface area contributed by atoms with Gasteiger partial charge in [-0.15, -0.1) is 12.3 Å². The molecule has 1 unspecified atom stereocenters. The summed E-state index contributed by atoms with van der Waals surface area (Å²) in [6.45, 7) is 15.4. The SMILES string of the molecule is C#CC.C/C=C/c1ccnc(C)n1.Cc1nccc(-c2cnc(Nc3ccccn3)s2)n1.Cc1nccc(C(Br)C(C)C)n1.Cc1nccc(Cl)n1.NC(=S)Nc1cccnc1. The van der Waals surface area contributed by atoms with Crippen LogP contribution in [0.1, 0.15) is 67.2 Å². The molecule has 7 aromatic rings. The van der Waals surface area contributed by atoms with Crippen molar-refractivity contribution in [1.82, 2.24) is 54.8 Å². The molecule has 0 aliphatic rings. The first-order valence-electron chi connectivity index (χ1n) is 18.8. The van der Waals surface area contributed by atoms with Crippen LogP contribution in [-0.4, -0.2) is 59.9 Å². The molecule has 0 radical (unpaired) electrons. The smallest absolute Gasteiger partial charge is 0.188 e. The molecule has 0 fully saturated rings. The molecule has 18 heteroatoms. The molecular weight excluding hydrogens is 904 g/mol. The maximum absolute atomic E-state index is 5.49. The zero-order valence-electron chi connectivity index (χ0n) is 35.8. The van der Waals surface area contributed by atoms with E-state index in [1.54, 1.807) is 75.6 Å². The Hall–Kier alpha value is -6.19. The highest BCUT2D eigenvalue weighted by atomic mass is 79.9. The summed E-state index contributed by atoms with van der Waals surface area (Å²) in [4.78, 5) is 46.4. The van der Waals surface area contributed by atoms with E-state index in [0.717, 1.165) is 56.1 Å². The first-order valence-corrected chi connectivity index (χ1v) is 21.3. The second-order valence-corrected chi connectivity index (χ2v) is 15.4. The molecule has 0 spiro atoms. The predicted octanol–water partition coefficient (Wildman–Crippen LogP) is 10.6. The van der Waals surface area contributed by atoms with Crippen LogP contribution in [0.25, 0.3) is 16.6 Å². The third-order valence-corrected chi connectivity index (χ3v) is 9.68. The van der Waals surface area contributed by atoms with Gasteiger partial charge in [0.25, 0.3) is 0 Å². The fourth-order valence-corrected chi connectivity index (χ4v) is 5.65. The number of terminal acetylenes is 1. The van der Waals surface area contributed by atoms with Gasteiger partial charge in [-0.2, -0.15) is 0 Å². The van der Waals surface area contributed by atoms with Crippen LogP contribution in [0.3, 0.4) is 0 Å². The van der Waals surface area contributed by atoms with Crippen LogP contribution in [0.15, 0.2) is 110 Å². The summed E-state index contributed by atoms with van der Waals surface area (Å²) in [7, 11) is 0. The van der Waals surface area contributed by atoms with Gasteiger partial charge in [0.15, 0.2) is 10.2 Å². The molecule has 4 N–H and O–H groups in total. The lowest BCUT2D eigenvalue weighted by atomic mass is 10.1. The number of hydrogen-bond acceptors (Lipinski definition) is 14. The number of rotatable bonds is 7. The van der Waals surface area contributed by atoms with E-state index < -0.39 is 0 Å². The van der Waals surface area contributed by atoms with Gasteiger partial charge in [0.1, 0.15) is 34.3 Å². The molecule has 7 rings (SSSR count). The van der Waals surface area contributed by atoms with Crippen molar-refractivity contribution in [3.63, 3.8) is 0 Å². The highest BCUT2D eigenvalue weighted by Crippen LogP contribution is 2.29. The van der Waals surface area contributed by atoms with Gasteiger partial charge in [0.05, 0.1) is 38.7 Å². The number of aromatic nitrogens is 11. The summed E-state index contributed by atoms with van der Waals surface area (Å²) >= 11 is 15.2. The molecule has 0 aliphatic carbocycles. The van der Waals surface area contributed by atoms with Crippen molar-refractivity contribution in [1.29, 1.82) is 0 Å². The van der Waals surface area contributed by atoms with Crippen molar-refractivity contribution >= 4 is 78.9 Å². The van der Waals surface area contributed by atoms with Crippen molar-refractivity contribution < 1.29 is 0 Å².